The fourth-order valence-electron chi connectivity index (χ4n) is 3.16. The maximum atomic E-state index is 5.50. The Bertz CT molecular complexity index is 303. The van der Waals surface area contributed by atoms with Crippen LogP contribution in [0.1, 0.15) is 26.7 Å². The van der Waals surface area contributed by atoms with Crippen LogP contribution in [-0.4, -0.2) is 87.7 Å². The van der Waals surface area contributed by atoms with Gasteiger partial charge in [-0.05, 0) is 5.92 Å². The monoisotopic (exact) mass is 426 g/mol. The predicted molar refractivity (Wildman–Crippen MR) is 105 cm³/mol. The number of guanidine groups is 1. The number of halogens is 1. The molecule has 0 aliphatic carbocycles. The Morgan fingerprint density at radius 3 is 1.95 bits per heavy atom. The molecule has 22 heavy (non-hydrogen) atoms. The largest absolute Gasteiger partial charge is 0.379 e. The Kier molecular flexibility index (Phi) is 11.4. The summed E-state index contributed by atoms with van der Waals surface area (Å²) in [5.41, 5.74) is 0. The lowest BCUT2D eigenvalue weighted by Crippen LogP contribution is -2.49. The van der Waals surface area contributed by atoms with Crippen molar-refractivity contribution in [2.75, 3.05) is 61.0 Å². The highest BCUT2D eigenvalue weighted by atomic mass is 127. The number of hydrogen-bond acceptors (Lipinski definition) is 3. The van der Waals surface area contributed by atoms with Gasteiger partial charge >= 0.3 is 0 Å². The summed E-state index contributed by atoms with van der Waals surface area (Å²) in [5, 5.41) is 0. The first kappa shape index (κ1) is 21.9. The Labute approximate surface area is 154 Å². The molecule has 0 aromatic heterocycles. The molecule has 1 aliphatic rings. The standard InChI is InChI=1S/C16H34N4O.HI/c1-7-14(8-2)15(20-9-11-21-12-10-20)13-17-16(18(3)4)19(5)6;/h14-15H,7-13H2,1-6H3;1H. The normalized spacial score (nSPS) is 16.9. The molecule has 1 atom stereocenters. The molecule has 0 radical (unpaired) electrons. The zero-order chi connectivity index (χ0) is 15.8. The van der Waals surface area contributed by atoms with Crippen LogP contribution in [0, 0.1) is 5.92 Å². The SMILES string of the molecule is CCC(CC)C(CN=C(N(C)C)N(C)C)N1CCOCC1.I. The van der Waals surface area contributed by atoms with Crippen molar-refractivity contribution in [3.05, 3.63) is 0 Å². The van der Waals surface area contributed by atoms with Crippen molar-refractivity contribution < 1.29 is 4.74 Å². The van der Waals surface area contributed by atoms with Gasteiger partial charge in [0.25, 0.3) is 0 Å². The molecule has 5 nitrogen and oxygen atoms in total. The minimum atomic E-state index is 0. The van der Waals surface area contributed by atoms with E-state index in [1.165, 1.54) is 12.8 Å². The summed E-state index contributed by atoms with van der Waals surface area (Å²) < 4.78 is 5.50. The van der Waals surface area contributed by atoms with Crippen molar-refractivity contribution >= 4 is 29.9 Å². The number of rotatable bonds is 6. The second-order valence-electron chi connectivity index (χ2n) is 6.22. The van der Waals surface area contributed by atoms with Gasteiger partial charge in [0.05, 0.1) is 19.8 Å². The zero-order valence-corrected chi connectivity index (χ0v) is 17.5. The Morgan fingerprint density at radius 2 is 1.55 bits per heavy atom. The minimum Gasteiger partial charge on any atom is -0.379 e. The van der Waals surface area contributed by atoms with Gasteiger partial charge in [-0.15, -0.1) is 24.0 Å². The molecule has 132 valence electrons. The van der Waals surface area contributed by atoms with E-state index in [2.05, 4.69) is 56.7 Å². The maximum absolute atomic E-state index is 5.50. The molecule has 0 bridgehead atoms. The molecule has 6 heteroatoms. The second kappa shape index (κ2) is 11.5. The number of morpholine rings is 1. The summed E-state index contributed by atoms with van der Waals surface area (Å²) in [7, 11) is 8.22. The van der Waals surface area contributed by atoms with Crippen LogP contribution in [-0.2, 0) is 4.74 Å². The molecular weight excluding hydrogens is 391 g/mol. The quantitative estimate of drug-likeness (QED) is 0.370. The third-order valence-corrected chi connectivity index (χ3v) is 4.33. The predicted octanol–water partition coefficient (Wildman–Crippen LogP) is 2.22. The summed E-state index contributed by atoms with van der Waals surface area (Å²) in [5.74, 6) is 1.75. The van der Waals surface area contributed by atoms with E-state index >= 15 is 0 Å². The van der Waals surface area contributed by atoms with Gasteiger partial charge in [0.15, 0.2) is 5.96 Å². The van der Waals surface area contributed by atoms with Crippen LogP contribution in [0.5, 0.6) is 0 Å². The van der Waals surface area contributed by atoms with E-state index < -0.39 is 0 Å². The summed E-state index contributed by atoms with van der Waals surface area (Å²) in [6.07, 6.45) is 2.43. The smallest absolute Gasteiger partial charge is 0.195 e. The molecule has 1 unspecified atom stereocenters. The number of hydrogen-bond donors (Lipinski definition) is 0. The van der Waals surface area contributed by atoms with E-state index in [0.717, 1.165) is 38.8 Å². The van der Waals surface area contributed by atoms with Gasteiger partial charge in [0.2, 0.25) is 0 Å². The van der Waals surface area contributed by atoms with Gasteiger partial charge in [-0.3, -0.25) is 9.89 Å². The van der Waals surface area contributed by atoms with Crippen LogP contribution >= 0.6 is 24.0 Å². The lowest BCUT2D eigenvalue weighted by Gasteiger charge is -2.38. The summed E-state index contributed by atoms with van der Waals surface area (Å²) in [4.78, 5) is 11.7. The van der Waals surface area contributed by atoms with Crippen molar-refractivity contribution in [1.82, 2.24) is 14.7 Å². The highest BCUT2D eigenvalue weighted by Crippen LogP contribution is 2.20. The molecule has 1 heterocycles. The first-order valence-electron chi connectivity index (χ1n) is 8.22. The molecule has 0 aromatic carbocycles. The summed E-state index contributed by atoms with van der Waals surface area (Å²) in [6, 6.07) is 0.527. The fourth-order valence-corrected chi connectivity index (χ4v) is 3.16. The number of aliphatic imine (C=N–C) groups is 1. The van der Waals surface area contributed by atoms with Gasteiger partial charge in [0.1, 0.15) is 0 Å². The lowest BCUT2D eigenvalue weighted by molar-refractivity contribution is 0.00388. The summed E-state index contributed by atoms with van der Waals surface area (Å²) >= 11 is 0. The van der Waals surface area contributed by atoms with Crippen LogP contribution in [0.15, 0.2) is 4.99 Å². The van der Waals surface area contributed by atoms with Gasteiger partial charge in [-0.2, -0.15) is 0 Å². The Morgan fingerprint density at radius 1 is 1.05 bits per heavy atom. The van der Waals surface area contributed by atoms with Crippen molar-refractivity contribution in [2.45, 2.75) is 32.7 Å². The van der Waals surface area contributed by atoms with Crippen molar-refractivity contribution in [1.29, 1.82) is 0 Å². The van der Waals surface area contributed by atoms with Crippen LogP contribution in [0.2, 0.25) is 0 Å². The third kappa shape index (κ3) is 6.58. The van der Waals surface area contributed by atoms with Crippen LogP contribution in [0.25, 0.3) is 0 Å². The first-order valence-corrected chi connectivity index (χ1v) is 8.22. The Hall–Kier alpha value is -0.0800. The van der Waals surface area contributed by atoms with Crippen molar-refractivity contribution in [3.8, 4) is 0 Å². The van der Waals surface area contributed by atoms with E-state index in [-0.39, 0.29) is 24.0 Å². The summed E-state index contributed by atoms with van der Waals surface area (Å²) in [6.45, 7) is 9.25. The molecular formula is C16H35IN4O. The molecule has 0 amide bonds. The molecule has 1 aliphatic heterocycles. The van der Waals surface area contributed by atoms with Gasteiger partial charge in [0, 0.05) is 47.3 Å². The maximum Gasteiger partial charge on any atom is 0.195 e. The number of nitrogens with zero attached hydrogens (tertiary/aromatic N) is 4. The van der Waals surface area contributed by atoms with E-state index in [9.17, 15) is 0 Å². The van der Waals surface area contributed by atoms with E-state index in [1.807, 2.05) is 0 Å². The molecule has 1 fully saturated rings. The van der Waals surface area contributed by atoms with E-state index in [0.29, 0.717) is 12.0 Å². The van der Waals surface area contributed by atoms with Crippen LogP contribution in [0.3, 0.4) is 0 Å². The first-order chi connectivity index (χ1) is 10.0. The third-order valence-electron chi connectivity index (χ3n) is 4.33. The average molecular weight is 426 g/mol. The van der Waals surface area contributed by atoms with Crippen LogP contribution < -0.4 is 0 Å². The highest BCUT2D eigenvalue weighted by Gasteiger charge is 2.27. The molecule has 1 rings (SSSR count). The molecule has 0 N–H and O–H groups in total. The van der Waals surface area contributed by atoms with Crippen molar-refractivity contribution in [3.63, 3.8) is 0 Å². The fraction of sp³-hybridized carbons (Fsp3) is 0.938. The highest BCUT2D eigenvalue weighted by molar-refractivity contribution is 14.0. The van der Waals surface area contributed by atoms with Gasteiger partial charge < -0.3 is 14.5 Å². The van der Waals surface area contributed by atoms with Crippen LogP contribution in [0.4, 0.5) is 0 Å². The lowest BCUT2D eigenvalue weighted by atomic mass is 9.92. The molecule has 0 aromatic rings. The molecule has 0 saturated carbocycles. The van der Waals surface area contributed by atoms with E-state index in [1.54, 1.807) is 0 Å². The topological polar surface area (TPSA) is 31.3 Å². The number of ether oxygens (including phenoxy) is 1. The van der Waals surface area contributed by atoms with Gasteiger partial charge in [-0.1, -0.05) is 26.7 Å². The minimum absolute atomic E-state index is 0. The zero-order valence-electron chi connectivity index (χ0n) is 15.2. The van der Waals surface area contributed by atoms with Gasteiger partial charge in [-0.25, -0.2) is 0 Å². The molecule has 1 saturated heterocycles. The average Bonchev–Trinajstić information content (AvgIpc) is 2.47. The van der Waals surface area contributed by atoms with Crippen molar-refractivity contribution in [2.24, 2.45) is 10.9 Å². The van der Waals surface area contributed by atoms with E-state index in [4.69, 9.17) is 9.73 Å². The Balaban J connectivity index is 0.00000441. The second-order valence-corrected chi connectivity index (χ2v) is 6.22. The molecule has 0 spiro atoms.